The summed E-state index contributed by atoms with van der Waals surface area (Å²) in [6.07, 6.45) is 0. The van der Waals surface area contributed by atoms with Gasteiger partial charge in [0.2, 0.25) is 5.91 Å². The SMILES string of the molecule is CC(C(=O)N(Cc1cccs1)C(C)C)N1CCNCC1. The van der Waals surface area contributed by atoms with Gasteiger partial charge in [-0.2, -0.15) is 0 Å². The van der Waals surface area contributed by atoms with Gasteiger partial charge in [-0.15, -0.1) is 11.3 Å². The summed E-state index contributed by atoms with van der Waals surface area (Å²) < 4.78 is 0. The second kappa shape index (κ2) is 7.20. The maximum Gasteiger partial charge on any atom is 0.240 e. The normalized spacial score (nSPS) is 18.2. The molecule has 4 nitrogen and oxygen atoms in total. The molecule has 1 fully saturated rings. The van der Waals surface area contributed by atoms with Crippen molar-refractivity contribution >= 4 is 17.2 Å². The fourth-order valence-corrected chi connectivity index (χ4v) is 3.25. The quantitative estimate of drug-likeness (QED) is 0.899. The standard InChI is InChI=1S/C15H25N3OS/c1-12(2)18(11-14-5-4-10-20-14)15(19)13(3)17-8-6-16-7-9-17/h4-5,10,12-13,16H,6-9,11H2,1-3H3. The summed E-state index contributed by atoms with van der Waals surface area (Å²) in [7, 11) is 0. The van der Waals surface area contributed by atoms with Gasteiger partial charge < -0.3 is 10.2 Å². The van der Waals surface area contributed by atoms with Crippen molar-refractivity contribution < 1.29 is 4.79 Å². The minimum atomic E-state index is -0.0283. The molecule has 0 aromatic carbocycles. The first kappa shape index (κ1) is 15.5. The van der Waals surface area contributed by atoms with Crippen molar-refractivity contribution in [1.29, 1.82) is 0 Å². The molecule has 2 rings (SSSR count). The molecule has 1 unspecified atom stereocenters. The zero-order valence-electron chi connectivity index (χ0n) is 12.6. The third-order valence-electron chi connectivity index (χ3n) is 3.87. The van der Waals surface area contributed by atoms with E-state index in [2.05, 4.69) is 35.5 Å². The van der Waals surface area contributed by atoms with E-state index >= 15 is 0 Å². The number of hydrogen-bond acceptors (Lipinski definition) is 4. The number of carbonyl (C=O) groups is 1. The van der Waals surface area contributed by atoms with E-state index in [1.807, 2.05) is 17.9 Å². The molecule has 1 N–H and O–H groups in total. The number of hydrogen-bond donors (Lipinski definition) is 1. The first-order valence-corrected chi connectivity index (χ1v) is 8.25. The maximum atomic E-state index is 12.8. The van der Waals surface area contributed by atoms with Crippen molar-refractivity contribution in [2.45, 2.75) is 39.4 Å². The molecule has 0 spiro atoms. The van der Waals surface area contributed by atoms with Crippen LogP contribution in [-0.2, 0) is 11.3 Å². The fourth-order valence-electron chi connectivity index (χ4n) is 2.55. The first-order valence-electron chi connectivity index (χ1n) is 7.37. The Labute approximate surface area is 125 Å². The van der Waals surface area contributed by atoms with E-state index < -0.39 is 0 Å². The van der Waals surface area contributed by atoms with Crippen molar-refractivity contribution in [2.24, 2.45) is 0 Å². The van der Waals surface area contributed by atoms with Crippen LogP contribution in [0.15, 0.2) is 17.5 Å². The molecule has 1 aliphatic rings. The van der Waals surface area contributed by atoms with Crippen LogP contribution < -0.4 is 5.32 Å². The summed E-state index contributed by atoms with van der Waals surface area (Å²) in [6, 6.07) is 4.35. The van der Waals surface area contributed by atoms with E-state index in [1.54, 1.807) is 11.3 Å². The summed E-state index contributed by atoms with van der Waals surface area (Å²) in [4.78, 5) is 18.3. The molecule has 5 heteroatoms. The van der Waals surface area contributed by atoms with E-state index in [1.165, 1.54) is 4.88 Å². The largest absolute Gasteiger partial charge is 0.334 e. The number of amides is 1. The second-order valence-electron chi connectivity index (χ2n) is 5.60. The lowest BCUT2D eigenvalue weighted by Crippen LogP contribution is -2.54. The number of rotatable bonds is 5. The van der Waals surface area contributed by atoms with Gasteiger partial charge in [0.1, 0.15) is 0 Å². The first-order chi connectivity index (χ1) is 9.59. The van der Waals surface area contributed by atoms with E-state index in [0.29, 0.717) is 0 Å². The average Bonchev–Trinajstić information content (AvgIpc) is 2.97. The van der Waals surface area contributed by atoms with Crippen LogP contribution in [0, 0.1) is 0 Å². The summed E-state index contributed by atoms with van der Waals surface area (Å²) in [5.74, 6) is 0.246. The molecule has 0 saturated carbocycles. The lowest BCUT2D eigenvalue weighted by atomic mass is 10.2. The highest BCUT2D eigenvalue weighted by Gasteiger charge is 2.28. The number of carbonyl (C=O) groups excluding carboxylic acids is 1. The Hall–Kier alpha value is -0.910. The zero-order valence-corrected chi connectivity index (χ0v) is 13.4. The molecule has 0 radical (unpaired) electrons. The Morgan fingerprint density at radius 1 is 1.40 bits per heavy atom. The topological polar surface area (TPSA) is 35.6 Å². The van der Waals surface area contributed by atoms with Gasteiger partial charge in [0.25, 0.3) is 0 Å². The van der Waals surface area contributed by atoms with Crippen molar-refractivity contribution in [3.63, 3.8) is 0 Å². The van der Waals surface area contributed by atoms with Gasteiger partial charge in [0, 0.05) is 37.1 Å². The highest BCUT2D eigenvalue weighted by Crippen LogP contribution is 2.16. The molecule has 1 amide bonds. The van der Waals surface area contributed by atoms with Crippen LogP contribution in [0.1, 0.15) is 25.6 Å². The van der Waals surface area contributed by atoms with Crippen LogP contribution in [0.5, 0.6) is 0 Å². The smallest absolute Gasteiger partial charge is 0.240 e. The monoisotopic (exact) mass is 295 g/mol. The molecular formula is C15H25N3OS. The minimum Gasteiger partial charge on any atom is -0.334 e. The van der Waals surface area contributed by atoms with Crippen LogP contribution in [0.4, 0.5) is 0 Å². The Kier molecular flexibility index (Phi) is 5.57. The van der Waals surface area contributed by atoms with Gasteiger partial charge in [0.05, 0.1) is 12.6 Å². The van der Waals surface area contributed by atoms with Crippen molar-refractivity contribution in [3.05, 3.63) is 22.4 Å². The number of nitrogens with one attached hydrogen (secondary N) is 1. The van der Waals surface area contributed by atoms with Crippen LogP contribution >= 0.6 is 11.3 Å². The molecule has 1 aliphatic heterocycles. The van der Waals surface area contributed by atoms with Gasteiger partial charge in [-0.1, -0.05) is 6.07 Å². The van der Waals surface area contributed by atoms with Gasteiger partial charge in [-0.05, 0) is 32.2 Å². The van der Waals surface area contributed by atoms with Crippen LogP contribution in [0.25, 0.3) is 0 Å². The summed E-state index contributed by atoms with van der Waals surface area (Å²) >= 11 is 1.72. The highest BCUT2D eigenvalue weighted by atomic mass is 32.1. The molecule has 1 aromatic heterocycles. The highest BCUT2D eigenvalue weighted by molar-refractivity contribution is 7.09. The Bertz CT molecular complexity index is 413. The van der Waals surface area contributed by atoms with E-state index in [0.717, 1.165) is 32.7 Å². The average molecular weight is 295 g/mol. The summed E-state index contributed by atoms with van der Waals surface area (Å²) in [5.41, 5.74) is 0. The predicted molar refractivity (Wildman–Crippen MR) is 83.9 cm³/mol. The minimum absolute atomic E-state index is 0.0283. The van der Waals surface area contributed by atoms with Crippen LogP contribution in [0.2, 0.25) is 0 Å². The summed E-state index contributed by atoms with van der Waals surface area (Å²) in [5, 5.41) is 5.40. The third kappa shape index (κ3) is 3.81. The Morgan fingerprint density at radius 2 is 2.10 bits per heavy atom. The predicted octanol–water partition coefficient (Wildman–Crippen LogP) is 1.78. The lowest BCUT2D eigenvalue weighted by molar-refractivity contribution is -0.139. The molecule has 112 valence electrons. The van der Waals surface area contributed by atoms with Gasteiger partial charge in [-0.25, -0.2) is 0 Å². The second-order valence-corrected chi connectivity index (χ2v) is 6.63. The number of nitrogens with zero attached hydrogens (tertiary/aromatic N) is 2. The molecule has 0 bridgehead atoms. The molecule has 1 aromatic rings. The zero-order chi connectivity index (χ0) is 14.5. The van der Waals surface area contributed by atoms with Gasteiger partial charge >= 0.3 is 0 Å². The summed E-state index contributed by atoms with van der Waals surface area (Å²) in [6.45, 7) is 10.8. The molecule has 1 atom stereocenters. The molecule has 2 heterocycles. The third-order valence-corrected chi connectivity index (χ3v) is 4.73. The van der Waals surface area contributed by atoms with E-state index in [-0.39, 0.29) is 18.0 Å². The Balaban J connectivity index is 2.02. The van der Waals surface area contributed by atoms with Crippen molar-refractivity contribution in [3.8, 4) is 0 Å². The molecule has 1 saturated heterocycles. The molecule has 0 aliphatic carbocycles. The van der Waals surface area contributed by atoms with Crippen molar-refractivity contribution in [1.82, 2.24) is 15.1 Å². The lowest BCUT2D eigenvalue weighted by Gasteiger charge is -2.36. The molecule has 20 heavy (non-hydrogen) atoms. The van der Waals surface area contributed by atoms with Crippen LogP contribution in [-0.4, -0.2) is 54.0 Å². The van der Waals surface area contributed by atoms with E-state index in [4.69, 9.17) is 0 Å². The number of piperazine rings is 1. The number of thiophene rings is 1. The van der Waals surface area contributed by atoms with Gasteiger partial charge in [0.15, 0.2) is 0 Å². The van der Waals surface area contributed by atoms with Crippen molar-refractivity contribution in [2.75, 3.05) is 26.2 Å². The van der Waals surface area contributed by atoms with E-state index in [9.17, 15) is 4.79 Å². The Morgan fingerprint density at radius 3 is 2.65 bits per heavy atom. The van der Waals surface area contributed by atoms with Gasteiger partial charge in [-0.3, -0.25) is 9.69 Å². The van der Waals surface area contributed by atoms with Crippen LogP contribution in [0.3, 0.4) is 0 Å². The maximum absolute atomic E-state index is 12.8. The molecular weight excluding hydrogens is 270 g/mol. The fraction of sp³-hybridized carbons (Fsp3) is 0.667.